The van der Waals surface area contributed by atoms with Crippen LogP contribution in [0.25, 0.3) is 0 Å². The Labute approximate surface area is 72.5 Å². The van der Waals surface area contributed by atoms with Gasteiger partial charge in [-0.15, -0.1) is 6.58 Å². The Bertz CT molecular complexity index is 183. The third-order valence-corrected chi connectivity index (χ3v) is 2.36. The second kappa shape index (κ2) is 3.72. The van der Waals surface area contributed by atoms with E-state index in [1.54, 1.807) is 6.08 Å². The van der Waals surface area contributed by atoms with E-state index < -0.39 is 5.97 Å². The summed E-state index contributed by atoms with van der Waals surface area (Å²) < 4.78 is 0. The van der Waals surface area contributed by atoms with Gasteiger partial charge in [0.1, 0.15) is 0 Å². The van der Waals surface area contributed by atoms with Crippen LogP contribution in [-0.4, -0.2) is 23.2 Å². The lowest BCUT2D eigenvalue weighted by Crippen LogP contribution is -2.41. The molecule has 1 aliphatic heterocycles. The van der Waals surface area contributed by atoms with Crippen LogP contribution in [0, 0.1) is 0 Å². The van der Waals surface area contributed by atoms with Gasteiger partial charge in [0.05, 0.1) is 6.42 Å². The molecule has 1 unspecified atom stereocenters. The number of carbonyl (C=O) groups is 1. The number of carboxylic acids is 1. The first-order valence-corrected chi connectivity index (χ1v) is 4.26. The molecule has 1 heterocycles. The highest BCUT2D eigenvalue weighted by Crippen LogP contribution is 2.26. The van der Waals surface area contributed by atoms with Crippen LogP contribution in [-0.2, 0) is 4.79 Å². The SMILES string of the molecule is C=CCC1(CC(=O)O)CCCN1. The largest absolute Gasteiger partial charge is 0.481 e. The maximum absolute atomic E-state index is 10.6. The van der Waals surface area contributed by atoms with Crippen molar-refractivity contribution in [2.24, 2.45) is 0 Å². The Balaban J connectivity index is 2.57. The van der Waals surface area contributed by atoms with E-state index in [1.165, 1.54) is 0 Å². The Morgan fingerprint density at radius 3 is 2.92 bits per heavy atom. The molecule has 0 amide bonds. The second-order valence-electron chi connectivity index (χ2n) is 3.37. The summed E-state index contributed by atoms with van der Waals surface area (Å²) in [7, 11) is 0. The summed E-state index contributed by atoms with van der Waals surface area (Å²) in [4.78, 5) is 10.6. The molecule has 0 aromatic rings. The van der Waals surface area contributed by atoms with Crippen molar-refractivity contribution in [3.63, 3.8) is 0 Å². The molecule has 1 saturated heterocycles. The fourth-order valence-electron chi connectivity index (χ4n) is 1.83. The van der Waals surface area contributed by atoms with E-state index in [0.29, 0.717) is 0 Å². The molecule has 68 valence electrons. The van der Waals surface area contributed by atoms with Crippen molar-refractivity contribution in [1.29, 1.82) is 0 Å². The molecule has 12 heavy (non-hydrogen) atoms. The summed E-state index contributed by atoms with van der Waals surface area (Å²) in [6.07, 6.45) is 4.77. The van der Waals surface area contributed by atoms with Crippen LogP contribution in [0.15, 0.2) is 12.7 Å². The second-order valence-corrected chi connectivity index (χ2v) is 3.37. The van der Waals surface area contributed by atoms with Crippen molar-refractivity contribution >= 4 is 5.97 Å². The Kier molecular flexibility index (Phi) is 2.87. The average molecular weight is 169 g/mol. The van der Waals surface area contributed by atoms with Gasteiger partial charge in [0.25, 0.3) is 0 Å². The van der Waals surface area contributed by atoms with Gasteiger partial charge in [-0.05, 0) is 25.8 Å². The van der Waals surface area contributed by atoms with Gasteiger partial charge < -0.3 is 10.4 Å². The van der Waals surface area contributed by atoms with Crippen molar-refractivity contribution in [3.05, 3.63) is 12.7 Å². The zero-order valence-electron chi connectivity index (χ0n) is 7.18. The van der Waals surface area contributed by atoms with E-state index in [4.69, 9.17) is 5.11 Å². The van der Waals surface area contributed by atoms with Gasteiger partial charge in [-0.2, -0.15) is 0 Å². The smallest absolute Gasteiger partial charge is 0.305 e. The maximum Gasteiger partial charge on any atom is 0.305 e. The van der Waals surface area contributed by atoms with Gasteiger partial charge in [0.2, 0.25) is 0 Å². The molecule has 3 heteroatoms. The highest BCUT2D eigenvalue weighted by Gasteiger charge is 2.34. The monoisotopic (exact) mass is 169 g/mol. The standard InChI is InChI=1S/C9H15NO2/c1-2-4-9(7-8(11)12)5-3-6-10-9/h2,10H,1,3-7H2,(H,11,12). The van der Waals surface area contributed by atoms with Crippen molar-refractivity contribution in [1.82, 2.24) is 5.32 Å². The van der Waals surface area contributed by atoms with Crippen LogP contribution in [0.5, 0.6) is 0 Å². The lowest BCUT2D eigenvalue weighted by molar-refractivity contribution is -0.138. The molecule has 0 radical (unpaired) electrons. The third kappa shape index (κ3) is 2.08. The normalized spacial score (nSPS) is 28.7. The summed E-state index contributed by atoms with van der Waals surface area (Å²) in [5.74, 6) is -0.730. The minimum Gasteiger partial charge on any atom is -0.481 e. The van der Waals surface area contributed by atoms with Crippen molar-refractivity contribution < 1.29 is 9.90 Å². The van der Waals surface area contributed by atoms with Crippen molar-refractivity contribution in [2.75, 3.05) is 6.54 Å². The molecule has 0 spiro atoms. The predicted molar refractivity (Wildman–Crippen MR) is 47.0 cm³/mol. The summed E-state index contributed by atoms with van der Waals surface area (Å²) in [5.41, 5.74) is -0.201. The van der Waals surface area contributed by atoms with Gasteiger partial charge in [0, 0.05) is 5.54 Å². The first-order chi connectivity index (χ1) is 5.68. The molecular weight excluding hydrogens is 154 g/mol. The van der Waals surface area contributed by atoms with Gasteiger partial charge >= 0.3 is 5.97 Å². The quantitative estimate of drug-likeness (QED) is 0.621. The fraction of sp³-hybridized carbons (Fsp3) is 0.667. The Morgan fingerprint density at radius 1 is 1.75 bits per heavy atom. The van der Waals surface area contributed by atoms with E-state index in [1.807, 2.05) is 0 Å². The molecule has 1 rings (SSSR count). The summed E-state index contributed by atoms with van der Waals surface area (Å²) in [6.45, 7) is 4.58. The Morgan fingerprint density at radius 2 is 2.50 bits per heavy atom. The van der Waals surface area contributed by atoms with Crippen LogP contribution in [0.4, 0.5) is 0 Å². The van der Waals surface area contributed by atoms with E-state index in [9.17, 15) is 4.79 Å². The van der Waals surface area contributed by atoms with Crippen LogP contribution < -0.4 is 5.32 Å². The zero-order chi connectivity index (χ0) is 9.03. The minimum absolute atomic E-state index is 0.201. The zero-order valence-corrected chi connectivity index (χ0v) is 7.18. The summed E-state index contributed by atoms with van der Waals surface area (Å²) in [6, 6.07) is 0. The molecule has 1 fully saturated rings. The number of hydrogen-bond donors (Lipinski definition) is 2. The van der Waals surface area contributed by atoms with Gasteiger partial charge in [-0.25, -0.2) is 0 Å². The molecule has 0 bridgehead atoms. The molecule has 0 saturated carbocycles. The van der Waals surface area contributed by atoms with Crippen LogP contribution in [0.2, 0.25) is 0 Å². The van der Waals surface area contributed by atoms with Crippen LogP contribution in [0.1, 0.15) is 25.7 Å². The summed E-state index contributed by atoms with van der Waals surface area (Å²) >= 11 is 0. The van der Waals surface area contributed by atoms with Gasteiger partial charge in [-0.1, -0.05) is 6.08 Å². The van der Waals surface area contributed by atoms with Crippen molar-refractivity contribution in [3.8, 4) is 0 Å². The maximum atomic E-state index is 10.6. The van der Waals surface area contributed by atoms with Gasteiger partial charge in [-0.3, -0.25) is 4.79 Å². The number of aliphatic carboxylic acids is 1. The minimum atomic E-state index is -0.730. The lowest BCUT2D eigenvalue weighted by atomic mass is 9.90. The molecule has 0 aromatic carbocycles. The van der Waals surface area contributed by atoms with E-state index in [2.05, 4.69) is 11.9 Å². The van der Waals surface area contributed by atoms with Gasteiger partial charge in [0.15, 0.2) is 0 Å². The lowest BCUT2D eigenvalue weighted by Gasteiger charge is -2.25. The number of nitrogens with one attached hydrogen (secondary N) is 1. The Hall–Kier alpha value is -0.830. The highest BCUT2D eigenvalue weighted by atomic mass is 16.4. The number of rotatable bonds is 4. The highest BCUT2D eigenvalue weighted by molar-refractivity contribution is 5.68. The number of hydrogen-bond acceptors (Lipinski definition) is 2. The van der Waals surface area contributed by atoms with E-state index in [0.717, 1.165) is 25.8 Å². The topological polar surface area (TPSA) is 49.3 Å². The number of carboxylic acid groups (broad SMARTS) is 1. The first kappa shape index (κ1) is 9.26. The van der Waals surface area contributed by atoms with Crippen LogP contribution in [0.3, 0.4) is 0 Å². The summed E-state index contributed by atoms with van der Waals surface area (Å²) in [5, 5.41) is 11.9. The molecule has 2 N–H and O–H groups in total. The molecule has 1 atom stereocenters. The fourth-order valence-corrected chi connectivity index (χ4v) is 1.83. The van der Waals surface area contributed by atoms with Crippen LogP contribution >= 0.6 is 0 Å². The predicted octanol–water partition coefficient (Wildman–Crippen LogP) is 1.16. The third-order valence-electron chi connectivity index (χ3n) is 2.36. The molecule has 0 aliphatic carbocycles. The molecule has 1 aliphatic rings. The molecular formula is C9H15NO2. The molecule has 3 nitrogen and oxygen atoms in total. The first-order valence-electron chi connectivity index (χ1n) is 4.26. The van der Waals surface area contributed by atoms with E-state index >= 15 is 0 Å². The molecule has 0 aromatic heterocycles. The van der Waals surface area contributed by atoms with E-state index in [-0.39, 0.29) is 12.0 Å². The average Bonchev–Trinajstić information content (AvgIpc) is 2.36. The van der Waals surface area contributed by atoms with Crippen molar-refractivity contribution in [2.45, 2.75) is 31.2 Å².